The number of anilines is 3. The van der Waals surface area contributed by atoms with E-state index in [1.54, 1.807) is 62.4 Å². The number of ketones is 1. The molecule has 0 amide bonds. The molecule has 4 aromatic rings. The predicted molar refractivity (Wildman–Crippen MR) is 134 cm³/mol. The van der Waals surface area contributed by atoms with Crippen LogP contribution >= 0.6 is 11.3 Å². The van der Waals surface area contributed by atoms with Crippen LogP contribution in [0.4, 0.5) is 20.8 Å². The fraction of sp³-hybridized carbons (Fsp3) is 0.115. The van der Waals surface area contributed by atoms with Crippen LogP contribution in [0.25, 0.3) is 0 Å². The number of hydrogen-bond acceptors (Lipinski definition) is 6. The maximum Gasteiger partial charge on any atom is 0.212 e. The SMILES string of the molecule is Cc1cc(C)c(S(=O)(=O)c2c(Nc3ccccc3F)sc(C(=O)c3ccccc3)c2N)c(C)c1. The maximum atomic E-state index is 14.4. The Morgan fingerprint density at radius 1 is 0.912 bits per heavy atom. The summed E-state index contributed by atoms with van der Waals surface area (Å²) in [5.41, 5.74) is 8.72. The third-order valence-electron chi connectivity index (χ3n) is 5.41. The molecule has 0 radical (unpaired) electrons. The lowest BCUT2D eigenvalue weighted by Gasteiger charge is -2.14. The average Bonchev–Trinajstić information content (AvgIpc) is 3.11. The predicted octanol–water partition coefficient (Wildman–Crippen LogP) is 6.20. The Hall–Kier alpha value is -3.49. The number of para-hydroxylation sites is 1. The van der Waals surface area contributed by atoms with Gasteiger partial charge >= 0.3 is 0 Å². The van der Waals surface area contributed by atoms with E-state index in [4.69, 9.17) is 5.73 Å². The molecular weight excluding hydrogens is 471 g/mol. The van der Waals surface area contributed by atoms with Gasteiger partial charge in [-0.05, 0) is 44.0 Å². The minimum Gasteiger partial charge on any atom is -0.396 e. The number of rotatable bonds is 6. The van der Waals surface area contributed by atoms with Gasteiger partial charge in [-0.1, -0.05) is 60.2 Å². The Morgan fingerprint density at radius 3 is 2.12 bits per heavy atom. The molecule has 34 heavy (non-hydrogen) atoms. The number of hydrogen-bond donors (Lipinski definition) is 2. The third kappa shape index (κ3) is 4.22. The largest absolute Gasteiger partial charge is 0.396 e. The first-order valence-corrected chi connectivity index (χ1v) is 12.8. The third-order valence-corrected chi connectivity index (χ3v) is 8.80. The Labute approximate surface area is 202 Å². The molecule has 0 aliphatic heterocycles. The summed E-state index contributed by atoms with van der Waals surface area (Å²) in [4.78, 5) is 13.2. The summed E-state index contributed by atoms with van der Waals surface area (Å²) >= 11 is 0.898. The van der Waals surface area contributed by atoms with Gasteiger partial charge in [-0.25, -0.2) is 12.8 Å². The van der Waals surface area contributed by atoms with E-state index in [-0.39, 0.29) is 31.0 Å². The van der Waals surface area contributed by atoms with Gasteiger partial charge in [-0.3, -0.25) is 4.79 Å². The first kappa shape index (κ1) is 23.7. The standard InChI is InChI=1S/C26H23FN2O3S2/c1-15-13-16(2)24(17(3)14-15)34(31,32)25-21(28)23(22(30)18-9-5-4-6-10-18)33-26(25)29-20-12-8-7-11-19(20)27/h4-14,29H,28H2,1-3H3. The lowest BCUT2D eigenvalue weighted by atomic mass is 10.1. The minimum atomic E-state index is -4.16. The van der Waals surface area contributed by atoms with Gasteiger partial charge in [0.25, 0.3) is 0 Å². The zero-order valence-electron chi connectivity index (χ0n) is 18.8. The van der Waals surface area contributed by atoms with Crippen LogP contribution in [-0.4, -0.2) is 14.2 Å². The van der Waals surface area contributed by atoms with Crippen LogP contribution in [0, 0.1) is 26.6 Å². The van der Waals surface area contributed by atoms with Gasteiger partial charge in [0.15, 0.2) is 0 Å². The topological polar surface area (TPSA) is 89.3 Å². The molecule has 3 aromatic carbocycles. The summed E-state index contributed by atoms with van der Waals surface area (Å²) in [6, 6.07) is 17.9. The molecular formula is C26H23FN2O3S2. The summed E-state index contributed by atoms with van der Waals surface area (Å²) in [7, 11) is -4.16. The van der Waals surface area contributed by atoms with Crippen molar-refractivity contribution in [3.63, 3.8) is 0 Å². The molecule has 0 bridgehead atoms. The van der Waals surface area contributed by atoms with Crippen LogP contribution in [-0.2, 0) is 9.84 Å². The number of thiophene rings is 1. The van der Waals surface area contributed by atoms with E-state index in [0.29, 0.717) is 16.7 Å². The van der Waals surface area contributed by atoms with Crippen molar-refractivity contribution in [2.45, 2.75) is 30.6 Å². The van der Waals surface area contributed by atoms with Crippen molar-refractivity contribution >= 4 is 43.3 Å². The molecule has 0 saturated heterocycles. The molecule has 8 heteroatoms. The summed E-state index contributed by atoms with van der Waals surface area (Å²) in [6.07, 6.45) is 0. The second-order valence-corrected chi connectivity index (χ2v) is 10.9. The number of nitrogens with one attached hydrogen (secondary N) is 1. The van der Waals surface area contributed by atoms with E-state index >= 15 is 0 Å². The van der Waals surface area contributed by atoms with E-state index in [2.05, 4.69) is 5.32 Å². The van der Waals surface area contributed by atoms with Gasteiger partial charge in [0.05, 0.1) is 16.3 Å². The number of carbonyl (C=O) groups is 1. The second-order valence-electron chi connectivity index (χ2n) is 8.03. The molecule has 0 unspecified atom stereocenters. The van der Waals surface area contributed by atoms with Crippen molar-refractivity contribution < 1.29 is 17.6 Å². The van der Waals surface area contributed by atoms with Crippen molar-refractivity contribution in [1.82, 2.24) is 0 Å². The van der Waals surface area contributed by atoms with Crippen molar-refractivity contribution in [2.24, 2.45) is 0 Å². The lowest BCUT2D eigenvalue weighted by Crippen LogP contribution is -2.11. The van der Waals surface area contributed by atoms with E-state index < -0.39 is 21.4 Å². The highest BCUT2D eigenvalue weighted by Crippen LogP contribution is 2.45. The zero-order valence-corrected chi connectivity index (χ0v) is 20.5. The van der Waals surface area contributed by atoms with Gasteiger partial charge in [0.1, 0.15) is 20.6 Å². The fourth-order valence-electron chi connectivity index (χ4n) is 4.04. The summed E-state index contributed by atoms with van der Waals surface area (Å²) in [5, 5.41) is 2.95. The molecule has 1 heterocycles. The smallest absolute Gasteiger partial charge is 0.212 e. The molecule has 0 aliphatic rings. The molecule has 3 N–H and O–H groups in total. The van der Waals surface area contributed by atoms with E-state index in [1.165, 1.54) is 18.2 Å². The minimum absolute atomic E-state index is 0.0750. The molecule has 4 rings (SSSR count). The highest BCUT2D eigenvalue weighted by Gasteiger charge is 2.33. The van der Waals surface area contributed by atoms with Crippen LogP contribution in [0.2, 0.25) is 0 Å². The summed E-state index contributed by atoms with van der Waals surface area (Å²) in [6.45, 7) is 5.32. The number of benzene rings is 3. The van der Waals surface area contributed by atoms with E-state index in [0.717, 1.165) is 16.9 Å². The van der Waals surface area contributed by atoms with Crippen LogP contribution in [0.5, 0.6) is 0 Å². The molecule has 174 valence electrons. The van der Waals surface area contributed by atoms with Crippen LogP contribution in [0.3, 0.4) is 0 Å². The van der Waals surface area contributed by atoms with Crippen LogP contribution in [0.1, 0.15) is 31.9 Å². The molecule has 0 fully saturated rings. The molecule has 0 atom stereocenters. The van der Waals surface area contributed by atoms with Crippen LogP contribution < -0.4 is 11.1 Å². The van der Waals surface area contributed by atoms with Crippen LogP contribution in [0.15, 0.2) is 76.5 Å². The number of nitrogen functional groups attached to an aromatic ring is 1. The second kappa shape index (κ2) is 9.04. The first-order valence-electron chi connectivity index (χ1n) is 10.5. The lowest BCUT2D eigenvalue weighted by molar-refractivity contribution is 0.104. The highest BCUT2D eigenvalue weighted by atomic mass is 32.2. The quantitative estimate of drug-likeness (QED) is 0.312. The molecule has 0 aliphatic carbocycles. The van der Waals surface area contributed by atoms with Gasteiger partial charge < -0.3 is 11.1 Å². The fourth-order valence-corrected chi connectivity index (χ4v) is 7.41. The maximum absolute atomic E-state index is 14.4. The normalized spacial score (nSPS) is 11.4. The van der Waals surface area contributed by atoms with Crippen molar-refractivity contribution in [1.29, 1.82) is 0 Å². The Kier molecular flexibility index (Phi) is 6.29. The Morgan fingerprint density at radius 2 is 1.50 bits per heavy atom. The molecule has 5 nitrogen and oxygen atoms in total. The van der Waals surface area contributed by atoms with E-state index in [9.17, 15) is 17.6 Å². The van der Waals surface area contributed by atoms with Gasteiger partial charge in [0, 0.05) is 5.56 Å². The summed E-state index contributed by atoms with van der Waals surface area (Å²) in [5.74, 6) is -0.963. The van der Waals surface area contributed by atoms with Gasteiger partial charge in [0.2, 0.25) is 15.6 Å². The first-order chi connectivity index (χ1) is 16.1. The van der Waals surface area contributed by atoms with Crippen molar-refractivity contribution in [3.05, 3.63) is 99.7 Å². The van der Waals surface area contributed by atoms with Crippen molar-refractivity contribution in [2.75, 3.05) is 11.1 Å². The number of halogens is 1. The monoisotopic (exact) mass is 494 g/mol. The highest BCUT2D eigenvalue weighted by molar-refractivity contribution is 7.92. The Bertz CT molecular complexity index is 1490. The molecule has 0 spiro atoms. The molecule has 1 aromatic heterocycles. The number of nitrogens with two attached hydrogens (primary N) is 1. The zero-order chi connectivity index (χ0) is 24.6. The Balaban J connectivity index is 1.96. The number of carbonyl (C=O) groups excluding carboxylic acids is 1. The number of sulfone groups is 1. The van der Waals surface area contributed by atoms with Gasteiger partial charge in [-0.2, -0.15) is 0 Å². The number of aryl methyl sites for hydroxylation is 3. The molecule has 0 saturated carbocycles. The van der Waals surface area contributed by atoms with Crippen molar-refractivity contribution in [3.8, 4) is 0 Å². The van der Waals surface area contributed by atoms with E-state index in [1.807, 2.05) is 6.92 Å². The van der Waals surface area contributed by atoms with Gasteiger partial charge in [-0.15, -0.1) is 11.3 Å². The summed E-state index contributed by atoms with van der Waals surface area (Å²) < 4.78 is 42.3. The average molecular weight is 495 g/mol.